The van der Waals surface area contributed by atoms with Gasteiger partial charge in [-0.15, -0.1) is 0 Å². The van der Waals surface area contributed by atoms with E-state index in [2.05, 4.69) is 10.6 Å². The fraction of sp³-hybridized carbons (Fsp3) is 0.133. The van der Waals surface area contributed by atoms with Crippen LogP contribution in [0.25, 0.3) is 0 Å². The number of carbonyl (C=O) groups excluding carboxylic acids is 1. The summed E-state index contributed by atoms with van der Waals surface area (Å²) in [7, 11) is 1.76. The Morgan fingerprint density at radius 2 is 1.62 bits per heavy atom. The molecule has 0 unspecified atom stereocenters. The molecule has 0 aliphatic carbocycles. The highest BCUT2D eigenvalue weighted by Gasteiger charge is 2.14. The van der Waals surface area contributed by atoms with E-state index in [-0.39, 0.29) is 5.91 Å². The molecule has 3 nitrogen and oxygen atoms in total. The summed E-state index contributed by atoms with van der Waals surface area (Å²) >= 11 is 17.9. The van der Waals surface area contributed by atoms with Crippen molar-refractivity contribution in [3.8, 4) is 0 Å². The molecular formula is C15H13Cl3N2O. The lowest BCUT2D eigenvalue weighted by Gasteiger charge is -2.12. The van der Waals surface area contributed by atoms with Gasteiger partial charge in [-0.2, -0.15) is 0 Å². The molecule has 0 heterocycles. The SMILES string of the molecule is CNc1cc(C)ccc1C(=O)Nc1cc(Cl)c(Cl)cc1Cl. The Morgan fingerprint density at radius 1 is 0.952 bits per heavy atom. The monoisotopic (exact) mass is 342 g/mol. The Morgan fingerprint density at radius 3 is 2.29 bits per heavy atom. The second-order valence-electron chi connectivity index (χ2n) is 4.50. The zero-order valence-electron chi connectivity index (χ0n) is 11.4. The molecule has 2 N–H and O–H groups in total. The van der Waals surface area contributed by atoms with Crippen LogP contribution < -0.4 is 10.6 Å². The van der Waals surface area contributed by atoms with Crippen molar-refractivity contribution in [1.29, 1.82) is 0 Å². The molecule has 2 aromatic rings. The molecule has 0 atom stereocenters. The number of benzene rings is 2. The van der Waals surface area contributed by atoms with Crippen molar-refractivity contribution in [2.75, 3.05) is 17.7 Å². The fourth-order valence-corrected chi connectivity index (χ4v) is 2.47. The number of hydrogen-bond acceptors (Lipinski definition) is 2. The molecule has 6 heteroatoms. The Kier molecular flexibility index (Phi) is 4.99. The van der Waals surface area contributed by atoms with Crippen molar-refractivity contribution in [3.63, 3.8) is 0 Å². The van der Waals surface area contributed by atoms with Crippen LogP contribution in [0.3, 0.4) is 0 Å². The van der Waals surface area contributed by atoms with Gasteiger partial charge >= 0.3 is 0 Å². The van der Waals surface area contributed by atoms with Gasteiger partial charge in [-0.1, -0.05) is 40.9 Å². The molecule has 0 aliphatic heterocycles. The average Bonchev–Trinajstić information content (AvgIpc) is 2.44. The highest BCUT2D eigenvalue weighted by atomic mass is 35.5. The molecule has 0 saturated carbocycles. The van der Waals surface area contributed by atoms with Crippen molar-refractivity contribution in [2.24, 2.45) is 0 Å². The first kappa shape index (κ1) is 16.0. The third kappa shape index (κ3) is 3.62. The predicted octanol–water partition coefficient (Wildman–Crippen LogP) is 5.25. The van der Waals surface area contributed by atoms with Crippen molar-refractivity contribution in [3.05, 3.63) is 56.5 Å². The summed E-state index contributed by atoms with van der Waals surface area (Å²) in [5.74, 6) is -0.278. The minimum atomic E-state index is -0.278. The number of anilines is 2. The van der Waals surface area contributed by atoms with E-state index < -0.39 is 0 Å². The number of nitrogens with one attached hydrogen (secondary N) is 2. The van der Waals surface area contributed by atoms with Crippen LogP contribution in [0.2, 0.25) is 15.1 Å². The van der Waals surface area contributed by atoms with Crippen LogP contribution in [0.15, 0.2) is 30.3 Å². The van der Waals surface area contributed by atoms with Crippen molar-refractivity contribution < 1.29 is 4.79 Å². The maximum absolute atomic E-state index is 12.4. The molecule has 0 saturated heterocycles. The normalized spacial score (nSPS) is 10.3. The number of halogens is 3. The topological polar surface area (TPSA) is 41.1 Å². The summed E-state index contributed by atoms with van der Waals surface area (Å²) in [6.45, 7) is 1.96. The lowest BCUT2D eigenvalue weighted by molar-refractivity contribution is 0.102. The third-order valence-corrected chi connectivity index (χ3v) is 3.98. The maximum atomic E-state index is 12.4. The maximum Gasteiger partial charge on any atom is 0.257 e. The lowest BCUT2D eigenvalue weighted by atomic mass is 10.1. The summed E-state index contributed by atoms with van der Waals surface area (Å²) in [6.07, 6.45) is 0. The second-order valence-corrected chi connectivity index (χ2v) is 5.72. The number of hydrogen-bond donors (Lipinski definition) is 2. The van der Waals surface area contributed by atoms with Gasteiger partial charge in [0.25, 0.3) is 5.91 Å². The van der Waals surface area contributed by atoms with Gasteiger partial charge in [0.15, 0.2) is 0 Å². The molecule has 0 bridgehead atoms. The molecule has 0 fully saturated rings. The highest BCUT2D eigenvalue weighted by Crippen LogP contribution is 2.32. The Labute approximate surface area is 138 Å². The van der Waals surface area contributed by atoms with E-state index in [1.165, 1.54) is 12.1 Å². The van der Waals surface area contributed by atoms with Gasteiger partial charge in [-0.05, 0) is 36.8 Å². The van der Waals surface area contributed by atoms with Gasteiger partial charge in [-0.3, -0.25) is 4.79 Å². The minimum Gasteiger partial charge on any atom is -0.387 e. The van der Waals surface area contributed by atoms with Crippen molar-refractivity contribution in [2.45, 2.75) is 6.92 Å². The minimum absolute atomic E-state index is 0.278. The first-order valence-corrected chi connectivity index (χ1v) is 7.30. The molecular weight excluding hydrogens is 331 g/mol. The van der Waals surface area contributed by atoms with Gasteiger partial charge in [0.2, 0.25) is 0 Å². The van der Waals surface area contributed by atoms with Gasteiger partial charge in [0.05, 0.1) is 26.3 Å². The van der Waals surface area contributed by atoms with E-state index in [1.54, 1.807) is 13.1 Å². The molecule has 0 aliphatic rings. The fourth-order valence-electron chi connectivity index (χ4n) is 1.87. The zero-order valence-corrected chi connectivity index (χ0v) is 13.7. The standard InChI is InChI=1S/C15H13Cl3N2O/c1-8-3-4-9(13(5-8)19-2)15(21)20-14-7-11(17)10(16)6-12(14)18/h3-7,19H,1-2H3,(H,20,21). The van der Waals surface area contributed by atoms with Crippen LogP contribution in [0.1, 0.15) is 15.9 Å². The Bertz CT molecular complexity index is 702. The first-order chi connectivity index (χ1) is 9.92. The van der Waals surface area contributed by atoms with E-state index in [9.17, 15) is 4.79 Å². The molecule has 2 aromatic carbocycles. The van der Waals surface area contributed by atoms with E-state index in [1.807, 2.05) is 19.1 Å². The molecule has 0 radical (unpaired) electrons. The number of carbonyl (C=O) groups is 1. The molecule has 110 valence electrons. The molecule has 0 aromatic heterocycles. The molecule has 1 amide bonds. The number of rotatable bonds is 3. The van der Waals surface area contributed by atoms with Crippen LogP contribution in [0, 0.1) is 6.92 Å². The number of amides is 1. The van der Waals surface area contributed by atoms with Crippen LogP contribution in [0.4, 0.5) is 11.4 Å². The smallest absolute Gasteiger partial charge is 0.257 e. The Balaban J connectivity index is 2.32. The van der Waals surface area contributed by atoms with Gasteiger partial charge in [0.1, 0.15) is 0 Å². The second kappa shape index (κ2) is 6.56. The van der Waals surface area contributed by atoms with E-state index in [0.717, 1.165) is 11.3 Å². The molecule has 0 spiro atoms. The largest absolute Gasteiger partial charge is 0.387 e. The quantitative estimate of drug-likeness (QED) is 0.747. The van der Waals surface area contributed by atoms with Crippen LogP contribution in [0.5, 0.6) is 0 Å². The summed E-state index contributed by atoms with van der Waals surface area (Å²) < 4.78 is 0. The van der Waals surface area contributed by atoms with Gasteiger partial charge < -0.3 is 10.6 Å². The molecule has 2 rings (SSSR count). The van der Waals surface area contributed by atoms with Gasteiger partial charge in [0, 0.05) is 12.7 Å². The summed E-state index contributed by atoms with van der Waals surface area (Å²) in [4.78, 5) is 12.4. The van der Waals surface area contributed by atoms with Crippen molar-refractivity contribution >= 4 is 52.1 Å². The third-order valence-electron chi connectivity index (χ3n) is 2.95. The molecule has 21 heavy (non-hydrogen) atoms. The van der Waals surface area contributed by atoms with Crippen LogP contribution in [-0.4, -0.2) is 13.0 Å². The first-order valence-electron chi connectivity index (χ1n) is 6.16. The summed E-state index contributed by atoms with van der Waals surface area (Å²) in [5, 5.41) is 6.73. The average molecular weight is 344 g/mol. The van der Waals surface area contributed by atoms with Crippen LogP contribution in [-0.2, 0) is 0 Å². The van der Waals surface area contributed by atoms with E-state index in [0.29, 0.717) is 26.3 Å². The van der Waals surface area contributed by atoms with Crippen LogP contribution >= 0.6 is 34.8 Å². The van der Waals surface area contributed by atoms with Crippen molar-refractivity contribution in [1.82, 2.24) is 0 Å². The van der Waals surface area contributed by atoms with Gasteiger partial charge in [-0.25, -0.2) is 0 Å². The summed E-state index contributed by atoms with van der Waals surface area (Å²) in [5.41, 5.74) is 2.73. The zero-order chi connectivity index (χ0) is 15.6. The number of aryl methyl sites for hydroxylation is 1. The Hall–Kier alpha value is -1.42. The predicted molar refractivity (Wildman–Crippen MR) is 90.2 cm³/mol. The van der Waals surface area contributed by atoms with E-state index in [4.69, 9.17) is 34.8 Å². The lowest BCUT2D eigenvalue weighted by Crippen LogP contribution is -2.14. The highest BCUT2D eigenvalue weighted by molar-refractivity contribution is 6.44. The summed E-state index contributed by atoms with van der Waals surface area (Å²) in [6, 6.07) is 8.53. The van der Waals surface area contributed by atoms with E-state index >= 15 is 0 Å².